The minimum Gasteiger partial charge on any atom is -0.384 e. The van der Waals surface area contributed by atoms with E-state index in [-0.39, 0.29) is 11.4 Å². The Morgan fingerprint density at radius 3 is 2.47 bits per heavy atom. The topological polar surface area (TPSA) is 102 Å². The van der Waals surface area contributed by atoms with E-state index in [9.17, 15) is 18.0 Å². The van der Waals surface area contributed by atoms with Crippen molar-refractivity contribution in [1.82, 2.24) is 24.8 Å². The molecule has 4 aromatic heterocycles. The Morgan fingerprint density at radius 1 is 0.921 bits per heavy atom. The monoisotopic (exact) mass is 517 g/mol. The highest BCUT2D eigenvalue weighted by Crippen LogP contribution is 2.38. The second-order valence-corrected chi connectivity index (χ2v) is 9.04. The third kappa shape index (κ3) is 4.20. The van der Waals surface area contributed by atoms with Crippen LogP contribution in [0.15, 0.2) is 71.8 Å². The van der Waals surface area contributed by atoms with Crippen LogP contribution < -0.4 is 21.5 Å². The Bertz CT molecular complexity index is 1730. The summed E-state index contributed by atoms with van der Waals surface area (Å²) < 4.78 is 44.1. The summed E-state index contributed by atoms with van der Waals surface area (Å²) >= 11 is 0. The largest absolute Gasteiger partial charge is 0.418 e. The van der Waals surface area contributed by atoms with Gasteiger partial charge in [0.25, 0.3) is 5.56 Å². The number of halogens is 3. The summed E-state index contributed by atoms with van der Waals surface area (Å²) in [5, 5.41) is 3.72. The maximum atomic E-state index is 14.3. The van der Waals surface area contributed by atoms with Crippen LogP contribution in [-0.2, 0) is 6.18 Å². The van der Waals surface area contributed by atoms with E-state index in [4.69, 9.17) is 10.7 Å². The number of fused-ring (bicyclic) bond motifs is 3. The highest BCUT2D eigenvalue weighted by Gasteiger charge is 2.36. The van der Waals surface area contributed by atoms with Crippen molar-refractivity contribution in [2.75, 3.05) is 36.8 Å². The molecular formula is C27H22F3N7O. The molecular weight excluding hydrogens is 495 g/mol. The van der Waals surface area contributed by atoms with E-state index in [1.807, 2.05) is 0 Å². The van der Waals surface area contributed by atoms with Crippen LogP contribution >= 0.6 is 0 Å². The number of nitrogens with two attached hydrogens (primary N) is 1. The van der Waals surface area contributed by atoms with Crippen molar-refractivity contribution in [3.8, 4) is 16.9 Å². The van der Waals surface area contributed by atoms with Gasteiger partial charge in [0.1, 0.15) is 11.3 Å². The number of nitrogen functional groups attached to an aromatic ring is 1. The molecule has 5 aromatic rings. The van der Waals surface area contributed by atoms with Gasteiger partial charge in [-0.25, -0.2) is 9.97 Å². The van der Waals surface area contributed by atoms with Crippen LogP contribution in [-0.4, -0.2) is 45.7 Å². The number of pyridine rings is 4. The van der Waals surface area contributed by atoms with Gasteiger partial charge in [-0.05, 0) is 48.5 Å². The van der Waals surface area contributed by atoms with E-state index in [0.717, 1.165) is 6.07 Å². The average molecular weight is 518 g/mol. The molecule has 1 aliphatic rings. The molecule has 1 fully saturated rings. The number of nitrogens with zero attached hydrogens (tertiary/aromatic N) is 5. The van der Waals surface area contributed by atoms with E-state index in [1.54, 1.807) is 53.7 Å². The van der Waals surface area contributed by atoms with E-state index < -0.39 is 17.3 Å². The number of rotatable bonds is 3. The molecule has 0 aliphatic carbocycles. The zero-order valence-electron chi connectivity index (χ0n) is 20.0. The first-order chi connectivity index (χ1) is 18.3. The fraction of sp³-hybridized carbons (Fsp3) is 0.185. The molecule has 0 atom stereocenters. The van der Waals surface area contributed by atoms with Crippen LogP contribution in [0.3, 0.4) is 0 Å². The van der Waals surface area contributed by atoms with Gasteiger partial charge in [0.15, 0.2) is 0 Å². The second-order valence-electron chi connectivity index (χ2n) is 9.04. The summed E-state index contributed by atoms with van der Waals surface area (Å²) in [6, 6.07) is 13.9. The van der Waals surface area contributed by atoms with E-state index in [2.05, 4.69) is 15.3 Å². The van der Waals surface area contributed by atoms with Crippen molar-refractivity contribution in [1.29, 1.82) is 0 Å². The van der Waals surface area contributed by atoms with Crippen LogP contribution in [0.2, 0.25) is 0 Å². The fourth-order valence-corrected chi connectivity index (χ4v) is 4.82. The number of piperazine rings is 1. The maximum absolute atomic E-state index is 14.3. The minimum atomic E-state index is -4.61. The zero-order chi connectivity index (χ0) is 26.4. The molecule has 0 bridgehead atoms. The Hall–Kier alpha value is -4.51. The summed E-state index contributed by atoms with van der Waals surface area (Å²) in [5.41, 5.74) is 7.14. The maximum Gasteiger partial charge on any atom is 0.418 e. The Labute approximate surface area is 214 Å². The van der Waals surface area contributed by atoms with Gasteiger partial charge < -0.3 is 16.0 Å². The molecule has 5 heterocycles. The van der Waals surface area contributed by atoms with Crippen LogP contribution in [0.1, 0.15) is 5.56 Å². The van der Waals surface area contributed by atoms with Crippen LogP contribution in [0.4, 0.5) is 24.7 Å². The quantitative estimate of drug-likeness (QED) is 0.349. The first kappa shape index (κ1) is 23.9. The first-order valence-corrected chi connectivity index (χ1v) is 12.0. The molecule has 0 amide bonds. The summed E-state index contributed by atoms with van der Waals surface area (Å²) in [7, 11) is 0. The summed E-state index contributed by atoms with van der Waals surface area (Å²) in [6.07, 6.45) is -1.44. The van der Waals surface area contributed by atoms with Gasteiger partial charge in [-0.15, -0.1) is 0 Å². The lowest BCUT2D eigenvalue weighted by molar-refractivity contribution is -0.137. The van der Waals surface area contributed by atoms with E-state index >= 15 is 0 Å². The number of nitrogens with one attached hydrogen (secondary N) is 1. The van der Waals surface area contributed by atoms with E-state index in [1.165, 1.54) is 16.7 Å². The fourth-order valence-electron chi connectivity index (χ4n) is 4.82. The number of benzene rings is 1. The Balaban J connectivity index is 1.60. The van der Waals surface area contributed by atoms with Crippen LogP contribution in [0, 0.1) is 0 Å². The molecule has 0 unspecified atom stereocenters. The molecule has 38 heavy (non-hydrogen) atoms. The number of aromatic nitrogens is 4. The molecule has 11 heteroatoms. The highest BCUT2D eigenvalue weighted by atomic mass is 19.4. The predicted octanol–water partition coefficient (Wildman–Crippen LogP) is 4.01. The van der Waals surface area contributed by atoms with Gasteiger partial charge in [-0.1, -0.05) is 0 Å². The molecule has 1 saturated heterocycles. The van der Waals surface area contributed by atoms with Crippen LogP contribution in [0.5, 0.6) is 0 Å². The van der Waals surface area contributed by atoms with Gasteiger partial charge in [0, 0.05) is 61.3 Å². The smallest absolute Gasteiger partial charge is 0.384 e. The van der Waals surface area contributed by atoms with Crippen molar-refractivity contribution in [3.05, 3.63) is 82.9 Å². The third-order valence-electron chi connectivity index (χ3n) is 6.65. The SMILES string of the molecule is Nc1ccc(-c2ccc3ncc4ccc(=O)n(-c5ccc(N6CCNCC6)c(C(F)(F)F)c5)c4c3n2)cn1. The lowest BCUT2D eigenvalue weighted by Gasteiger charge is -2.31. The molecule has 3 N–H and O–H groups in total. The first-order valence-electron chi connectivity index (χ1n) is 12.0. The van der Waals surface area contributed by atoms with Gasteiger partial charge in [-0.2, -0.15) is 13.2 Å². The normalized spacial score (nSPS) is 14.3. The standard InChI is InChI=1S/C27H22F3N7O/c28-27(29,30)19-13-18(3-6-22(19)36-11-9-32-10-12-36)37-24(38)8-2-17-15-33-21-5-4-20(35-25(21)26(17)37)16-1-7-23(31)34-14-16/h1-8,13-15,32H,9-12H2,(H2,31,34). The minimum absolute atomic E-state index is 0.0961. The van der Waals surface area contributed by atoms with Gasteiger partial charge in [0.2, 0.25) is 0 Å². The molecule has 192 valence electrons. The van der Waals surface area contributed by atoms with E-state index in [0.29, 0.717) is 65.2 Å². The summed E-state index contributed by atoms with van der Waals surface area (Å²) in [4.78, 5) is 28.2. The second kappa shape index (κ2) is 9.10. The number of alkyl halides is 3. The zero-order valence-corrected chi connectivity index (χ0v) is 20.0. The van der Waals surface area contributed by atoms with Crippen molar-refractivity contribution >= 4 is 33.4 Å². The van der Waals surface area contributed by atoms with Crippen molar-refractivity contribution in [3.63, 3.8) is 0 Å². The predicted molar refractivity (Wildman–Crippen MR) is 140 cm³/mol. The number of anilines is 2. The molecule has 1 aliphatic heterocycles. The molecule has 0 saturated carbocycles. The van der Waals surface area contributed by atoms with Gasteiger partial charge >= 0.3 is 6.18 Å². The van der Waals surface area contributed by atoms with Crippen molar-refractivity contribution < 1.29 is 13.2 Å². The highest BCUT2D eigenvalue weighted by molar-refractivity contribution is 6.02. The van der Waals surface area contributed by atoms with Gasteiger partial charge in [0.05, 0.1) is 28.0 Å². The average Bonchev–Trinajstić information content (AvgIpc) is 2.93. The third-order valence-corrected chi connectivity index (χ3v) is 6.65. The molecule has 8 nitrogen and oxygen atoms in total. The number of hydrogen-bond acceptors (Lipinski definition) is 7. The number of hydrogen-bond donors (Lipinski definition) is 2. The lowest BCUT2D eigenvalue weighted by Crippen LogP contribution is -2.44. The molecule has 0 radical (unpaired) electrons. The Morgan fingerprint density at radius 2 is 1.74 bits per heavy atom. The molecule has 0 spiro atoms. The summed E-state index contributed by atoms with van der Waals surface area (Å²) in [5.74, 6) is 0.361. The molecule has 6 rings (SSSR count). The van der Waals surface area contributed by atoms with Crippen molar-refractivity contribution in [2.24, 2.45) is 0 Å². The van der Waals surface area contributed by atoms with Crippen LogP contribution in [0.25, 0.3) is 38.9 Å². The Kier molecular flexibility index (Phi) is 5.72. The van der Waals surface area contributed by atoms with Gasteiger partial charge in [-0.3, -0.25) is 14.3 Å². The molecule has 1 aromatic carbocycles. The lowest BCUT2D eigenvalue weighted by atomic mass is 10.1. The summed E-state index contributed by atoms with van der Waals surface area (Å²) in [6.45, 7) is 2.11. The van der Waals surface area contributed by atoms with Crippen molar-refractivity contribution in [2.45, 2.75) is 6.18 Å².